The molecule has 0 aliphatic carbocycles. The average molecular weight is 344 g/mol. The summed E-state index contributed by atoms with van der Waals surface area (Å²) in [6, 6.07) is 9.30. The fourth-order valence-corrected chi connectivity index (χ4v) is 2.51. The molecule has 0 radical (unpaired) electrons. The molecule has 0 fully saturated rings. The summed E-state index contributed by atoms with van der Waals surface area (Å²) in [5.41, 5.74) is 0.649. The first-order valence-electron chi connectivity index (χ1n) is 7.48. The van der Waals surface area contributed by atoms with Crippen LogP contribution >= 0.6 is 12.2 Å². The molecule has 7 nitrogen and oxygen atoms in total. The molecule has 0 spiro atoms. The second-order valence-electron chi connectivity index (χ2n) is 5.43. The largest absolute Gasteiger partial charge is 0.459 e. The molecule has 0 aliphatic rings. The van der Waals surface area contributed by atoms with Crippen molar-refractivity contribution in [3.63, 3.8) is 0 Å². The highest BCUT2D eigenvalue weighted by Gasteiger charge is 2.14. The van der Waals surface area contributed by atoms with Crippen molar-refractivity contribution in [2.45, 2.75) is 25.8 Å². The topological polar surface area (TPSA) is 104 Å². The normalized spacial score (nSPS) is 12.2. The van der Waals surface area contributed by atoms with Gasteiger partial charge < -0.3 is 9.73 Å². The molecule has 0 bridgehead atoms. The van der Waals surface area contributed by atoms with Crippen LogP contribution in [0.3, 0.4) is 0 Å². The molecule has 3 aromatic rings. The van der Waals surface area contributed by atoms with Crippen LogP contribution in [0.25, 0.3) is 11.0 Å². The van der Waals surface area contributed by atoms with Gasteiger partial charge in [0.05, 0.1) is 6.04 Å². The molecule has 0 saturated carbocycles. The van der Waals surface area contributed by atoms with E-state index in [2.05, 4.69) is 20.5 Å². The van der Waals surface area contributed by atoms with Crippen LogP contribution in [0.15, 0.2) is 39.5 Å². The smallest absolute Gasteiger partial charge is 0.273 e. The molecule has 1 aromatic carbocycles. The fraction of sp³-hybridized carbons (Fsp3) is 0.250. The maximum atomic E-state index is 12.1. The Hall–Kier alpha value is -2.74. The number of H-pyrrole nitrogens is 2. The van der Waals surface area contributed by atoms with E-state index in [1.807, 2.05) is 37.3 Å². The monoisotopic (exact) mass is 344 g/mol. The van der Waals surface area contributed by atoms with Gasteiger partial charge in [-0.1, -0.05) is 18.2 Å². The second kappa shape index (κ2) is 6.79. The summed E-state index contributed by atoms with van der Waals surface area (Å²) in [7, 11) is 0. The molecule has 1 unspecified atom stereocenters. The number of aromatic nitrogens is 3. The van der Waals surface area contributed by atoms with Crippen LogP contribution in [0, 0.1) is 4.77 Å². The molecule has 1 amide bonds. The number of benzene rings is 1. The number of nitrogens with one attached hydrogen (secondary N) is 3. The molecular weight excluding hydrogens is 328 g/mol. The van der Waals surface area contributed by atoms with Gasteiger partial charge in [0.25, 0.3) is 5.56 Å². The Kier molecular flexibility index (Phi) is 4.57. The first-order valence-corrected chi connectivity index (χ1v) is 7.89. The minimum atomic E-state index is -0.378. The molecule has 3 N–H and O–H groups in total. The summed E-state index contributed by atoms with van der Waals surface area (Å²) < 4.78 is 5.89. The first-order chi connectivity index (χ1) is 11.5. The third-order valence-corrected chi connectivity index (χ3v) is 3.81. The number of furan rings is 1. The maximum Gasteiger partial charge on any atom is 0.273 e. The quantitative estimate of drug-likeness (QED) is 0.617. The number of aryl methyl sites for hydroxylation is 1. The van der Waals surface area contributed by atoms with Crippen LogP contribution in [0.4, 0.5) is 0 Å². The number of carbonyl (C=O) groups is 1. The average Bonchev–Trinajstić information content (AvgIpc) is 2.98. The Morgan fingerprint density at radius 1 is 1.42 bits per heavy atom. The fourth-order valence-electron chi connectivity index (χ4n) is 2.37. The number of nitrogens with zero attached hydrogens (tertiary/aromatic N) is 1. The number of fused-ring (bicyclic) bond motifs is 1. The predicted octanol–water partition coefficient (Wildman–Crippen LogP) is 2.38. The Bertz CT molecular complexity index is 955. The van der Waals surface area contributed by atoms with Crippen LogP contribution in [-0.2, 0) is 11.2 Å². The SMILES string of the molecule is CC(NC(=O)CCc1n[nH]c(=S)[nH]c1=O)c1cc2ccccc2o1. The van der Waals surface area contributed by atoms with Gasteiger partial charge in [0, 0.05) is 18.2 Å². The number of carbonyl (C=O) groups excluding carboxylic acids is 1. The van der Waals surface area contributed by atoms with Gasteiger partial charge in [0.1, 0.15) is 17.0 Å². The van der Waals surface area contributed by atoms with Crippen molar-refractivity contribution >= 4 is 29.1 Å². The van der Waals surface area contributed by atoms with Gasteiger partial charge in [-0.3, -0.25) is 19.7 Å². The first kappa shape index (κ1) is 16.1. The van der Waals surface area contributed by atoms with Gasteiger partial charge in [-0.25, -0.2) is 0 Å². The Morgan fingerprint density at radius 3 is 2.96 bits per heavy atom. The van der Waals surface area contributed by atoms with Gasteiger partial charge in [0.2, 0.25) is 5.91 Å². The van der Waals surface area contributed by atoms with Gasteiger partial charge in [0.15, 0.2) is 4.77 Å². The van der Waals surface area contributed by atoms with Gasteiger partial charge in [-0.15, -0.1) is 0 Å². The minimum Gasteiger partial charge on any atom is -0.459 e. The second-order valence-corrected chi connectivity index (χ2v) is 5.84. The van der Waals surface area contributed by atoms with Crippen molar-refractivity contribution in [1.82, 2.24) is 20.5 Å². The zero-order valence-corrected chi connectivity index (χ0v) is 13.8. The van der Waals surface area contributed by atoms with Crippen molar-refractivity contribution in [1.29, 1.82) is 0 Å². The van der Waals surface area contributed by atoms with Crippen molar-refractivity contribution in [2.75, 3.05) is 0 Å². The van der Waals surface area contributed by atoms with Crippen LogP contribution < -0.4 is 10.9 Å². The van der Waals surface area contributed by atoms with E-state index in [0.29, 0.717) is 5.76 Å². The summed E-state index contributed by atoms with van der Waals surface area (Å²) >= 11 is 4.77. The van der Waals surface area contributed by atoms with Crippen molar-refractivity contribution in [2.24, 2.45) is 0 Å². The Labute approximate surface area is 142 Å². The van der Waals surface area contributed by atoms with E-state index in [4.69, 9.17) is 16.6 Å². The highest BCUT2D eigenvalue weighted by atomic mass is 32.1. The van der Waals surface area contributed by atoms with Gasteiger partial charge >= 0.3 is 0 Å². The molecule has 3 rings (SSSR count). The van der Waals surface area contributed by atoms with E-state index in [0.717, 1.165) is 11.0 Å². The molecule has 124 valence electrons. The van der Waals surface area contributed by atoms with Crippen molar-refractivity contribution in [3.8, 4) is 0 Å². The van der Waals surface area contributed by atoms with Gasteiger partial charge in [-0.05, 0) is 31.3 Å². The van der Waals surface area contributed by atoms with E-state index >= 15 is 0 Å². The standard InChI is InChI=1S/C16H16N4O3S/c1-9(13-8-10-4-2-3-5-12(10)23-13)17-14(21)7-6-11-15(22)18-16(24)20-19-11/h2-5,8-9H,6-7H2,1H3,(H,17,21)(H2,18,20,22,24). The highest BCUT2D eigenvalue weighted by Crippen LogP contribution is 2.23. The summed E-state index contributed by atoms with van der Waals surface area (Å²) in [5, 5.41) is 10.2. The number of hydrogen-bond donors (Lipinski definition) is 3. The zero-order valence-electron chi connectivity index (χ0n) is 13.0. The van der Waals surface area contributed by atoms with E-state index in [1.165, 1.54) is 0 Å². The molecule has 1 atom stereocenters. The van der Waals surface area contributed by atoms with E-state index in [-0.39, 0.29) is 40.8 Å². The Morgan fingerprint density at radius 2 is 2.21 bits per heavy atom. The summed E-state index contributed by atoms with van der Waals surface area (Å²) in [4.78, 5) is 26.2. The van der Waals surface area contributed by atoms with Gasteiger partial charge in [-0.2, -0.15) is 5.10 Å². The molecule has 0 aliphatic heterocycles. The van der Waals surface area contributed by atoms with Crippen molar-refractivity contribution < 1.29 is 9.21 Å². The summed E-state index contributed by atoms with van der Waals surface area (Å²) in [5.74, 6) is 0.496. The lowest BCUT2D eigenvalue weighted by molar-refractivity contribution is -0.121. The van der Waals surface area contributed by atoms with E-state index in [9.17, 15) is 9.59 Å². The third kappa shape index (κ3) is 3.60. The van der Waals surface area contributed by atoms with Crippen LogP contribution in [0.2, 0.25) is 0 Å². The van der Waals surface area contributed by atoms with Crippen LogP contribution in [0.1, 0.15) is 30.8 Å². The minimum absolute atomic E-state index is 0.144. The lowest BCUT2D eigenvalue weighted by Crippen LogP contribution is -2.27. The third-order valence-electron chi connectivity index (χ3n) is 3.62. The number of amides is 1. The Balaban J connectivity index is 1.61. The lowest BCUT2D eigenvalue weighted by Gasteiger charge is -2.10. The summed E-state index contributed by atoms with van der Waals surface area (Å²) in [6.07, 6.45) is 0.366. The van der Waals surface area contributed by atoms with Crippen molar-refractivity contribution in [3.05, 3.63) is 56.9 Å². The highest BCUT2D eigenvalue weighted by molar-refractivity contribution is 7.71. The molecular formula is C16H16N4O3S. The molecule has 0 saturated heterocycles. The number of hydrogen-bond acceptors (Lipinski definition) is 5. The molecule has 2 heterocycles. The number of rotatable bonds is 5. The molecule has 8 heteroatoms. The van der Waals surface area contributed by atoms with E-state index < -0.39 is 0 Å². The lowest BCUT2D eigenvalue weighted by atomic mass is 10.2. The van der Waals surface area contributed by atoms with Crippen LogP contribution in [0.5, 0.6) is 0 Å². The predicted molar refractivity (Wildman–Crippen MR) is 91.1 cm³/mol. The van der Waals surface area contributed by atoms with E-state index in [1.54, 1.807) is 0 Å². The summed E-state index contributed by atoms with van der Waals surface area (Å²) in [6.45, 7) is 1.85. The zero-order chi connectivity index (χ0) is 17.1. The maximum absolute atomic E-state index is 12.1. The molecule has 2 aromatic heterocycles. The number of para-hydroxylation sites is 1. The van der Waals surface area contributed by atoms with Crippen LogP contribution in [-0.4, -0.2) is 21.1 Å². The molecule has 24 heavy (non-hydrogen) atoms. The number of aromatic amines is 2.